The molecule has 1 aliphatic rings. The van der Waals surface area contributed by atoms with E-state index in [2.05, 4.69) is 4.98 Å². The molecule has 14 heavy (non-hydrogen) atoms. The molecule has 2 rings (SSSR count). The van der Waals surface area contributed by atoms with Gasteiger partial charge in [0.15, 0.2) is 0 Å². The van der Waals surface area contributed by atoms with Crippen molar-refractivity contribution in [3.8, 4) is 5.75 Å². The van der Waals surface area contributed by atoms with Gasteiger partial charge in [-0.25, -0.2) is 4.98 Å². The third-order valence-corrected chi connectivity index (χ3v) is 2.21. The van der Waals surface area contributed by atoms with Gasteiger partial charge in [-0.1, -0.05) is 0 Å². The number of hydrogen-bond acceptors (Lipinski definition) is 4. The fourth-order valence-corrected chi connectivity index (χ4v) is 1.48. The SMILES string of the molecule is Nc1cc(OCC2CCCO2)ccn1. The van der Waals surface area contributed by atoms with E-state index in [-0.39, 0.29) is 6.10 Å². The Balaban J connectivity index is 1.85. The summed E-state index contributed by atoms with van der Waals surface area (Å²) in [7, 11) is 0. The van der Waals surface area contributed by atoms with Crippen LogP contribution in [0.15, 0.2) is 18.3 Å². The maximum Gasteiger partial charge on any atom is 0.126 e. The summed E-state index contributed by atoms with van der Waals surface area (Å²) in [4.78, 5) is 3.89. The van der Waals surface area contributed by atoms with E-state index < -0.39 is 0 Å². The van der Waals surface area contributed by atoms with Gasteiger partial charge in [0.1, 0.15) is 18.2 Å². The first-order chi connectivity index (χ1) is 6.84. The number of hydrogen-bond donors (Lipinski definition) is 1. The van der Waals surface area contributed by atoms with Gasteiger partial charge in [-0.15, -0.1) is 0 Å². The molecular formula is C10H14N2O2. The van der Waals surface area contributed by atoms with Crippen molar-refractivity contribution >= 4 is 5.82 Å². The zero-order valence-electron chi connectivity index (χ0n) is 7.98. The molecule has 1 unspecified atom stereocenters. The van der Waals surface area contributed by atoms with Crippen molar-refractivity contribution in [2.45, 2.75) is 18.9 Å². The Morgan fingerprint density at radius 1 is 1.64 bits per heavy atom. The van der Waals surface area contributed by atoms with Gasteiger partial charge in [0.2, 0.25) is 0 Å². The zero-order valence-corrected chi connectivity index (χ0v) is 7.98. The molecule has 76 valence electrons. The van der Waals surface area contributed by atoms with Gasteiger partial charge in [0.05, 0.1) is 6.10 Å². The van der Waals surface area contributed by atoms with Crippen LogP contribution in [0, 0.1) is 0 Å². The fraction of sp³-hybridized carbons (Fsp3) is 0.500. The van der Waals surface area contributed by atoms with Crippen molar-refractivity contribution in [1.82, 2.24) is 4.98 Å². The van der Waals surface area contributed by atoms with E-state index in [1.807, 2.05) is 0 Å². The minimum absolute atomic E-state index is 0.240. The Morgan fingerprint density at radius 2 is 2.57 bits per heavy atom. The predicted molar refractivity (Wildman–Crippen MR) is 53.1 cm³/mol. The summed E-state index contributed by atoms with van der Waals surface area (Å²) in [5.41, 5.74) is 5.52. The number of anilines is 1. The molecule has 0 saturated carbocycles. The zero-order chi connectivity index (χ0) is 9.80. The van der Waals surface area contributed by atoms with E-state index in [4.69, 9.17) is 15.2 Å². The highest BCUT2D eigenvalue weighted by Crippen LogP contribution is 2.16. The van der Waals surface area contributed by atoms with Gasteiger partial charge in [-0.3, -0.25) is 0 Å². The molecule has 0 radical (unpaired) electrons. The molecule has 0 bridgehead atoms. The molecule has 4 nitrogen and oxygen atoms in total. The molecule has 2 heterocycles. The Hall–Kier alpha value is -1.29. The smallest absolute Gasteiger partial charge is 0.126 e. The highest BCUT2D eigenvalue weighted by Gasteiger charge is 2.15. The number of nitrogens with zero attached hydrogens (tertiary/aromatic N) is 1. The van der Waals surface area contributed by atoms with Crippen LogP contribution in [0.2, 0.25) is 0 Å². The van der Waals surface area contributed by atoms with Crippen LogP contribution in [0.1, 0.15) is 12.8 Å². The van der Waals surface area contributed by atoms with Crippen LogP contribution >= 0.6 is 0 Å². The van der Waals surface area contributed by atoms with Crippen molar-refractivity contribution in [3.63, 3.8) is 0 Å². The summed E-state index contributed by atoms with van der Waals surface area (Å²) in [5, 5.41) is 0. The summed E-state index contributed by atoms with van der Waals surface area (Å²) in [5.74, 6) is 1.24. The Labute approximate surface area is 83.0 Å². The lowest BCUT2D eigenvalue weighted by Gasteiger charge is -2.11. The average Bonchev–Trinajstić information content (AvgIpc) is 2.67. The minimum atomic E-state index is 0.240. The van der Waals surface area contributed by atoms with Crippen LogP contribution in [0.4, 0.5) is 5.82 Å². The van der Waals surface area contributed by atoms with E-state index in [9.17, 15) is 0 Å². The van der Waals surface area contributed by atoms with Crippen LogP contribution in [0.5, 0.6) is 5.75 Å². The number of aromatic nitrogens is 1. The Kier molecular flexibility index (Phi) is 2.84. The second kappa shape index (κ2) is 4.28. The summed E-state index contributed by atoms with van der Waals surface area (Å²) in [6.07, 6.45) is 4.09. The molecule has 1 saturated heterocycles. The maximum atomic E-state index is 5.53. The number of ether oxygens (including phenoxy) is 2. The molecule has 2 N–H and O–H groups in total. The lowest BCUT2D eigenvalue weighted by Crippen LogP contribution is -2.16. The van der Waals surface area contributed by atoms with E-state index in [1.165, 1.54) is 0 Å². The molecule has 1 aromatic rings. The van der Waals surface area contributed by atoms with Gasteiger partial charge in [0, 0.05) is 18.9 Å². The van der Waals surface area contributed by atoms with Gasteiger partial charge in [-0.2, -0.15) is 0 Å². The van der Waals surface area contributed by atoms with Gasteiger partial charge in [-0.05, 0) is 18.9 Å². The van der Waals surface area contributed by atoms with Gasteiger partial charge in [0.25, 0.3) is 0 Å². The number of pyridine rings is 1. The maximum absolute atomic E-state index is 5.53. The molecule has 1 aliphatic heterocycles. The quantitative estimate of drug-likeness (QED) is 0.786. The molecule has 4 heteroatoms. The monoisotopic (exact) mass is 194 g/mol. The first-order valence-corrected chi connectivity index (χ1v) is 4.80. The summed E-state index contributed by atoms with van der Waals surface area (Å²) < 4.78 is 11.0. The second-order valence-corrected chi connectivity index (χ2v) is 3.36. The summed E-state index contributed by atoms with van der Waals surface area (Å²) >= 11 is 0. The fourth-order valence-electron chi connectivity index (χ4n) is 1.48. The van der Waals surface area contributed by atoms with Crippen LogP contribution in [-0.4, -0.2) is 24.3 Å². The second-order valence-electron chi connectivity index (χ2n) is 3.36. The van der Waals surface area contributed by atoms with Crippen LogP contribution < -0.4 is 10.5 Å². The molecule has 1 atom stereocenters. The summed E-state index contributed by atoms with van der Waals surface area (Å²) in [6, 6.07) is 3.51. The third-order valence-electron chi connectivity index (χ3n) is 2.21. The number of nitrogen functional groups attached to an aromatic ring is 1. The molecule has 0 aliphatic carbocycles. The molecular weight excluding hydrogens is 180 g/mol. The van der Waals surface area contributed by atoms with Gasteiger partial charge >= 0.3 is 0 Å². The van der Waals surface area contributed by atoms with E-state index in [0.717, 1.165) is 25.2 Å². The first kappa shape index (κ1) is 9.27. The van der Waals surface area contributed by atoms with Crippen molar-refractivity contribution in [2.75, 3.05) is 18.9 Å². The topological polar surface area (TPSA) is 57.4 Å². The molecule has 1 fully saturated rings. The largest absolute Gasteiger partial charge is 0.491 e. The van der Waals surface area contributed by atoms with E-state index >= 15 is 0 Å². The first-order valence-electron chi connectivity index (χ1n) is 4.80. The predicted octanol–water partition coefficient (Wildman–Crippen LogP) is 1.22. The normalized spacial score (nSPS) is 21.0. The van der Waals surface area contributed by atoms with Crippen LogP contribution in [0.3, 0.4) is 0 Å². The van der Waals surface area contributed by atoms with Crippen molar-refractivity contribution in [3.05, 3.63) is 18.3 Å². The van der Waals surface area contributed by atoms with E-state index in [0.29, 0.717) is 12.4 Å². The van der Waals surface area contributed by atoms with Crippen molar-refractivity contribution < 1.29 is 9.47 Å². The Morgan fingerprint density at radius 3 is 3.29 bits per heavy atom. The molecule has 1 aromatic heterocycles. The molecule has 0 aromatic carbocycles. The van der Waals surface area contributed by atoms with Crippen molar-refractivity contribution in [2.24, 2.45) is 0 Å². The standard InChI is InChI=1S/C10H14N2O2/c11-10-6-8(3-4-12-10)14-7-9-2-1-5-13-9/h3-4,6,9H,1-2,5,7H2,(H2,11,12). The van der Waals surface area contributed by atoms with Crippen molar-refractivity contribution in [1.29, 1.82) is 0 Å². The highest BCUT2D eigenvalue weighted by molar-refractivity contribution is 5.35. The highest BCUT2D eigenvalue weighted by atomic mass is 16.5. The Bertz CT molecular complexity index is 298. The van der Waals surface area contributed by atoms with Gasteiger partial charge < -0.3 is 15.2 Å². The lowest BCUT2D eigenvalue weighted by molar-refractivity contribution is 0.0679. The average molecular weight is 194 g/mol. The van der Waals surface area contributed by atoms with E-state index in [1.54, 1.807) is 18.3 Å². The molecule has 0 spiro atoms. The minimum Gasteiger partial charge on any atom is -0.491 e. The number of nitrogens with two attached hydrogens (primary N) is 1. The van der Waals surface area contributed by atoms with Crippen LogP contribution in [0.25, 0.3) is 0 Å². The third kappa shape index (κ3) is 2.35. The van der Waals surface area contributed by atoms with Crippen LogP contribution in [-0.2, 0) is 4.74 Å². The number of rotatable bonds is 3. The summed E-state index contributed by atoms with van der Waals surface area (Å²) in [6.45, 7) is 1.45. The lowest BCUT2D eigenvalue weighted by atomic mass is 10.2. The molecule has 0 amide bonds.